The lowest BCUT2D eigenvalue weighted by Gasteiger charge is -2.32. The lowest BCUT2D eigenvalue weighted by atomic mass is 9.95. The molecular formula is C23H25N4O2S+. The van der Waals surface area contributed by atoms with Crippen LogP contribution in [0.3, 0.4) is 0 Å². The Balaban J connectivity index is 1.62. The molecule has 2 N–H and O–H groups in total. The monoisotopic (exact) mass is 421 g/mol. The lowest BCUT2D eigenvalue weighted by Crippen LogP contribution is -3.12. The van der Waals surface area contributed by atoms with Gasteiger partial charge in [0.05, 0.1) is 13.7 Å². The molecule has 0 saturated heterocycles. The number of fused-ring (bicyclic) bond motifs is 2. The molecule has 154 valence electrons. The molecule has 3 heterocycles. The van der Waals surface area contributed by atoms with E-state index in [4.69, 9.17) is 4.74 Å². The van der Waals surface area contributed by atoms with Crippen molar-refractivity contribution in [1.29, 1.82) is 0 Å². The van der Waals surface area contributed by atoms with Crippen LogP contribution in [0.25, 0.3) is 4.96 Å². The van der Waals surface area contributed by atoms with Crippen LogP contribution in [-0.4, -0.2) is 33.4 Å². The number of aromatic hydroxyl groups is 1. The number of rotatable bonds is 5. The Morgan fingerprint density at radius 2 is 2.03 bits per heavy atom. The molecule has 0 fully saturated rings. The third-order valence-corrected chi connectivity index (χ3v) is 6.99. The average Bonchev–Trinajstić information content (AvgIpc) is 3.33. The van der Waals surface area contributed by atoms with Crippen molar-refractivity contribution in [2.75, 3.05) is 13.7 Å². The molecule has 0 bridgehead atoms. The zero-order chi connectivity index (χ0) is 20.7. The molecule has 2 atom stereocenters. The van der Waals surface area contributed by atoms with Gasteiger partial charge in [0.2, 0.25) is 10.8 Å². The number of benzene rings is 2. The number of thiazole rings is 1. The van der Waals surface area contributed by atoms with E-state index in [1.54, 1.807) is 11.6 Å². The van der Waals surface area contributed by atoms with Crippen molar-refractivity contribution in [3.63, 3.8) is 0 Å². The predicted octanol–water partition coefficient (Wildman–Crippen LogP) is 2.80. The summed E-state index contributed by atoms with van der Waals surface area (Å²) in [5.41, 5.74) is 3.92. The molecule has 1 aliphatic rings. The van der Waals surface area contributed by atoms with Gasteiger partial charge in [0.1, 0.15) is 17.2 Å². The number of quaternary nitrogens is 1. The Labute approximate surface area is 179 Å². The van der Waals surface area contributed by atoms with Crippen molar-refractivity contribution >= 4 is 16.3 Å². The van der Waals surface area contributed by atoms with Gasteiger partial charge in [-0.15, -0.1) is 5.10 Å². The fourth-order valence-corrected chi connectivity index (χ4v) is 5.53. The SMILES string of the molecule is CCc1nc2sc([C@H](c3cccc(OC)c3)[NH+]3CCc4ccccc4C3)c(O)n2n1. The molecule has 0 saturated carbocycles. The molecule has 5 rings (SSSR count). The number of nitrogens with one attached hydrogen (secondary N) is 1. The molecule has 4 aromatic rings. The van der Waals surface area contributed by atoms with Gasteiger partial charge in [-0.25, -0.2) is 4.98 Å². The fraction of sp³-hybridized carbons (Fsp3) is 0.304. The van der Waals surface area contributed by atoms with Gasteiger partial charge in [-0.05, 0) is 17.7 Å². The van der Waals surface area contributed by atoms with Crippen LogP contribution in [0.1, 0.15) is 40.4 Å². The van der Waals surface area contributed by atoms with Crippen LogP contribution in [0.4, 0.5) is 0 Å². The molecule has 30 heavy (non-hydrogen) atoms. The number of hydrogen-bond acceptors (Lipinski definition) is 5. The van der Waals surface area contributed by atoms with Gasteiger partial charge in [-0.2, -0.15) is 4.52 Å². The first-order chi connectivity index (χ1) is 14.7. The average molecular weight is 422 g/mol. The molecule has 0 amide bonds. The number of aryl methyl sites for hydroxylation is 1. The molecule has 6 nitrogen and oxygen atoms in total. The number of aromatic nitrogens is 3. The van der Waals surface area contributed by atoms with Crippen LogP contribution in [0.5, 0.6) is 11.6 Å². The van der Waals surface area contributed by atoms with E-state index in [-0.39, 0.29) is 11.9 Å². The van der Waals surface area contributed by atoms with Crippen LogP contribution >= 0.6 is 11.3 Å². The third kappa shape index (κ3) is 3.24. The van der Waals surface area contributed by atoms with E-state index in [1.165, 1.54) is 27.4 Å². The summed E-state index contributed by atoms with van der Waals surface area (Å²) in [6.45, 7) is 3.92. The molecule has 1 unspecified atom stereocenters. The third-order valence-electron chi connectivity index (χ3n) is 5.91. The van der Waals surface area contributed by atoms with Crippen molar-refractivity contribution in [2.24, 2.45) is 0 Å². The number of methoxy groups -OCH3 is 1. The minimum absolute atomic E-state index is 0.0213. The summed E-state index contributed by atoms with van der Waals surface area (Å²) in [5.74, 6) is 1.77. The first-order valence-electron chi connectivity index (χ1n) is 10.3. The zero-order valence-electron chi connectivity index (χ0n) is 17.1. The lowest BCUT2D eigenvalue weighted by molar-refractivity contribution is -0.940. The molecule has 1 aliphatic heterocycles. The van der Waals surface area contributed by atoms with Gasteiger partial charge in [-0.3, -0.25) is 0 Å². The molecular weight excluding hydrogens is 396 g/mol. The molecule has 0 spiro atoms. The second-order valence-electron chi connectivity index (χ2n) is 7.68. The Hall–Kier alpha value is -2.90. The summed E-state index contributed by atoms with van der Waals surface area (Å²) in [4.78, 5) is 7.62. The van der Waals surface area contributed by atoms with Crippen LogP contribution in [0.15, 0.2) is 48.5 Å². The Bertz CT molecular complexity index is 1200. The highest BCUT2D eigenvalue weighted by atomic mass is 32.1. The maximum atomic E-state index is 11.1. The minimum atomic E-state index is -0.0213. The summed E-state index contributed by atoms with van der Waals surface area (Å²) < 4.78 is 7.08. The second kappa shape index (κ2) is 7.74. The van der Waals surface area contributed by atoms with Crippen molar-refractivity contribution in [3.8, 4) is 11.6 Å². The molecule has 2 aromatic heterocycles. The number of ether oxygens (including phenoxy) is 1. The number of nitrogens with zero attached hydrogens (tertiary/aromatic N) is 3. The second-order valence-corrected chi connectivity index (χ2v) is 8.69. The van der Waals surface area contributed by atoms with E-state index >= 15 is 0 Å². The normalized spacial score (nSPS) is 17.1. The molecule has 0 aliphatic carbocycles. The summed E-state index contributed by atoms with van der Waals surface area (Å²) in [5, 5.41) is 15.6. The van der Waals surface area contributed by atoms with Crippen molar-refractivity contribution in [2.45, 2.75) is 32.4 Å². The molecule has 0 radical (unpaired) electrons. The first kappa shape index (κ1) is 19.1. The van der Waals surface area contributed by atoms with E-state index in [1.807, 2.05) is 19.1 Å². The van der Waals surface area contributed by atoms with Crippen molar-refractivity contribution in [3.05, 3.63) is 75.9 Å². The Morgan fingerprint density at radius 1 is 1.20 bits per heavy atom. The summed E-state index contributed by atoms with van der Waals surface area (Å²) in [6.07, 6.45) is 1.77. The Kier molecular flexibility index (Phi) is 4.92. The van der Waals surface area contributed by atoms with Crippen molar-refractivity contribution < 1.29 is 14.7 Å². The summed E-state index contributed by atoms with van der Waals surface area (Å²) in [6, 6.07) is 16.8. The van der Waals surface area contributed by atoms with Gasteiger partial charge in [0, 0.05) is 24.0 Å². The molecule has 7 heteroatoms. The van der Waals surface area contributed by atoms with Gasteiger partial charge in [0.15, 0.2) is 11.9 Å². The van der Waals surface area contributed by atoms with E-state index in [9.17, 15) is 5.11 Å². The predicted molar refractivity (Wildman–Crippen MR) is 116 cm³/mol. The fourth-order valence-electron chi connectivity index (χ4n) is 4.37. The maximum Gasteiger partial charge on any atom is 0.235 e. The first-order valence-corrected chi connectivity index (χ1v) is 11.1. The summed E-state index contributed by atoms with van der Waals surface area (Å²) >= 11 is 1.53. The van der Waals surface area contributed by atoms with E-state index in [0.29, 0.717) is 0 Å². The Morgan fingerprint density at radius 3 is 2.80 bits per heavy atom. The maximum absolute atomic E-state index is 11.1. The highest BCUT2D eigenvalue weighted by Gasteiger charge is 2.35. The van der Waals surface area contributed by atoms with Crippen LogP contribution in [-0.2, 0) is 19.4 Å². The number of hydrogen-bond donors (Lipinski definition) is 2. The topological polar surface area (TPSA) is 64.1 Å². The smallest absolute Gasteiger partial charge is 0.235 e. The zero-order valence-corrected chi connectivity index (χ0v) is 17.9. The van der Waals surface area contributed by atoms with E-state index < -0.39 is 0 Å². The van der Waals surface area contributed by atoms with E-state index in [0.717, 1.165) is 52.9 Å². The van der Waals surface area contributed by atoms with Crippen LogP contribution < -0.4 is 9.64 Å². The van der Waals surface area contributed by atoms with Crippen molar-refractivity contribution in [1.82, 2.24) is 14.6 Å². The highest BCUT2D eigenvalue weighted by Crippen LogP contribution is 2.36. The largest absolute Gasteiger partial charge is 0.497 e. The highest BCUT2D eigenvalue weighted by molar-refractivity contribution is 7.17. The van der Waals surface area contributed by atoms with E-state index in [2.05, 4.69) is 46.5 Å². The standard InChI is InChI=1S/C23H24N4O2S/c1-3-19-24-23-27(25-19)22(28)21(30-23)20(16-9-6-10-18(13-16)29-2)26-12-11-15-7-4-5-8-17(15)14-26/h4-10,13,20,28H,3,11-12,14H2,1-2H3/p+1/t20-/m0/s1. The molecule has 2 aromatic carbocycles. The van der Waals surface area contributed by atoms with Gasteiger partial charge in [-0.1, -0.05) is 54.7 Å². The summed E-state index contributed by atoms with van der Waals surface area (Å²) in [7, 11) is 1.69. The minimum Gasteiger partial charge on any atom is -0.497 e. The van der Waals surface area contributed by atoms with Crippen LogP contribution in [0.2, 0.25) is 0 Å². The quantitative estimate of drug-likeness (QED) is 0.520. The van der Waals surface area contributed by atoms with Gasteiger partial charge < -0.3 is 14.7 Å². The van der Waals surface area contributed by atoms with Crippen LogP contribution in [0, 0.1) is 0 Å². The van der Waals surface area contributed by atoms with Gasteiger partial charge >= 0.3 is 0 Å². The van der Waals surface area contributed by atoms with Gasteiger partial charge in [0.25, 0.3) is 0 Å².